The second-order valence-electron chi connectivity index (χ2n) is 4.12. The van der Waals surface area contributed by atoms with Gasteiger partial charge in [0.1, 0.15) is 0 Å². The van der Waals surface area contributed by atoms with E-state index in [9.17, 15) is 4.79 Å². The van der Waals surface area contributed by atoms with Gasteiger partial charge in [0.15, 0.2) is 5.76 Å². The summed E-state index contributed by atoms with van der Waals surface area (Å²) in [5.41, 5.74) is 0. The molecule has 96 valence electrons. The molecule has 1 aliphatic heterocycles. The fourth-order valence-corrected chi connectivity index (χ4v) is 2.14. The Balaban J connectivity index is 0.00000144. The standard InChI is InChI=1S/C12H18N2O2.ClH/c1-2-7-14(10-5-6-13-9-10)12(15)11-4-3-8-16-11;/h3-4,8,10,13H,2,5-7,9H2,1H3;1H. The lowest BCUT2D eigenvalue weighted by Crippen LogP contribution is -2.41. The first-order valence-corrected chi connectivity index (χ1v) is 5.88. The number of nitrogens with zero attached hydrogens (tertiary/aromatic N) is 1. The summed E-state index contributed by atoms with van der Waals surface area (Å²) >= 11 is 0. The summed E-state index contributed by atoms with van der Waals surface area (Å²) in [5.74, 6) is 0.459. The van der Waals surface area contributed by atoms with E-state index in [2.05, 4.69) is 12.2 Å². The molecule has 0 radical (unpaired) electrons. The summed E-state index contributed by atoms with van der Waals surface area (Å²) in [6, 6.07) is 3.80. The van der Waals surface area contributed by atoms with Crippen molar-refractivity contribution >= 4 is 18.3 Å². The average Bonchev–Trinajstić information content (AvgIpc) is 2.96. The van der Waals surface area contributed by atoms with Crippen LogP contribution in [0.5, 0.6) is 0 Å². The highest BCUT2D eigenvalue weighted by Gasteiger charge is 2.27. The molecule has 1 aromatic rings. The van der Waals surface area contributed by atoms with Gasteiger partial charge in [0.2, 0.25) is 0 Å². The molecule has 0 bridgehead atoms. The molecule has 1 unspecified atom stereocenters. The van der Waals surface area contributed by atoms with Gasteiger partial charge in [-0.3, -0.25) is 4.79 Å². The lowest BCUT2D eigenvalue weighted by atomic mass is 10.2. The van der Waals surface area contributed by atoms with Crippen molar-refractivity contribution in [3.05, 3.63) is 24.2 Å². The quantitative estimate of drug-likeness (QED) is 0.898. The van der Waals surface area contributed by atoms with Crippen molar-refractivity contribution in [3.63, 3.8) is 0 Å². The molecule has 0 saturated carbocycles. The van der Waals surface area contributed by atoms with Crippen molar-refractivity contribution in [2.24, 2.45) is 0 Å². The minimum atomic E-state index is 0. The molecule has 1 atom stereocenters. The predicted molar refractivity (Wildman–Crippen MR) is 68.6 cm³/mol. The summed E-state index contributed by atoms with van der Waals surface area (Å²) in [7, 11) is 0. The van der Waals surface area contributed by atoms with Crippen LogP contribution >= 0.6 is 12.4 Å². The van der Waals surface area contributed by atoms with E-state index < -0.39 is 0 Å². The van der Waals surface area contributed by atoms with Gasteiger partial charge in [0.05, 0.1) is 6.26 Å². The van der Waals surface area contributed by atoms with Crippen LogP contribution in [0.1, 0.15) is 30.3 Å². The summed E-state index contributed by atoms with van der Waals surface area (Å²) < 4.78 is 5.17. The van der Waals surface area contributed by atoms with Crippen LogP contribution in [-0.2, 0) is 0 Å². The van der Waals surface area contributed by atoms with E-state index in [-0.39, 0.29) is 18.3 Å². The normalized spacial score (nSPS) is 18.8. The van der Waals surface area contributed by atoms with Crippen LogP contribution in [0.25, 0.3) is 0 Å². The molecule has 2 rings (SSSR count). The van der Waals surface area contributed by atoms with Gasteiger partial charge in [-0.1, -0.05) is 6.92 Å². The number of furan rings is 1. The molecule has 0 aliphatic carbocycles. The Morgan fingerprint density at radius 1 is 1.65 bits per heavy atom. The second kappa shape index (κ2) is 6.67. The maximum absolute atomic E-state index is 12.2. The van der Waals surface area contributed by atoms with E-state index in [4.69, 9.17) is 4.42 Å². The number of hydrogen-bond donors (Lipinski definition) is 1. The van der Waals surface area contributed by atoms with Crippen molar-refractivity contribution < 1.29 is 9.21 Å². The summed E-state index contributed by atoms with van der Waals surface area (Å²) in [4.78, 5) is 14.1. The zero-order valence-corrected chi connectivity index (χ0v) is 10.8. The molecule has 1 aliphatic rings. The third kappa shape index (κ3) is 3.23. The summed E-state index contributed by atoms with van der Waals surface area (Å²) in [5, 5.41) is 3.29. The molecule has 0 spiro atoms. The van der Waals surface area contributed by atoms with Crippen LogP contribution in [0.4, 0.5) is 0 Å². The fraction of sp³-hybridized carbons (Fsp3) is 0.583. The summed E-state index contributed by atoms with van der Waals surface area (Å²) in [6.07, 6.45) is 3.56. The Morgan fingerprint density at radius 2 is 2.47 bits per heavy atom. The number of amides is 1. The van der Waals surface area contributed by atoms with Crippen LogP contribution in [0, 0.1) is 0 Å². The highest BCUT2D eigenvalue weighted by atomic mass is 35.5. The first kappa shape index (κ1) is 14.1. The van der Waals surface area contributed by atoms with E-state index in [0.29, 0.717) is 11.8 Å². The molecule has 1 fully saturated rings. The van der Waals surface area contributed by atoms with Gasteiger partial charge in [-0.15, -0.1) is 12.4 Å². The molecule has 1 amide bonds. The Morgan fingerprint density at radius 3 is 3.00 bits per heavy atom. The predicted octanol–water partition coefficient (Wildman–Crippen LogP) is 1.92. The Kier molecular flexibility index (Phi) is 5.51. The minimum Gasteiger partial charge on any atom is -0.459 e. The smallest absolute Gasteiger partial charge is 0.289 e. The Hall–Kier alpha value is -1.00. The van der Waals surface area contributed by atoms with Gasteiger partial charge >= 0.3 is 0 Å². The van der Waals surface area contributed by atoms with E-state index in [0.717, 1.165) is 32.5 Å². The molecule has 1 saturated heterocycles. The molecule has 4 nitrogen and oxygen atoms in total. The van der Waals surface area contributed by atoms with Crippen LogP contribution < -0.4 is 5.32 Å². The number of rotatable bonds is 4. The summed E-state index contributed by atoms with van der Waals surface area (Å²) in [6.45, 7) is 4.78. The van der Waals surface area contributed by atoms with Gasteiger partial charge in [0.25, 0.3) is 5.91 Å². The number of carbonyl (C=O) groups is 1. The van der Waals surface area contributed by atoms with Crippen molar-refractivity contribution in [2.75, 3.05) is 19.6 Å². The van der Waals surface area contributed by atoms with Crippen LogP contribution in [0.15, 0.2) is 22.8 Å². The fourth-order valence-electron chi connectivity index (χ4n) is 2.14. The molecule has 0 aromatic carbocycles. The highest BCUT2D eigenvalue weighted by Crippen LogP contribution is 2.14. The largest absolute Gasteiger partial charge is 0.459 e. The van der Waals surface area contributed by atoms with Crippen LogP contribution in [0.2, 0.25) is 0 Å². The molecule has 5 heteroatoms. The van der Waals surface area contributed by atoms with Gasteiger partial charge in [-0.25, -0.2) is 0 Å². The maximum Gasteiger partial charge on any atom is 0.289 e. The lowest BCUT2D eigenvalue weighted by molar-refractivity contribution is 0.0659. The number of hydrogen-bond acceptors (Lipinski definition) is 3. The van der Waals surface area contributed by atoms with Crippen molar-refractivity contribution in [1.82, 2.24) is 10.2 Å². The third-order valence-electron chi connectivity index (χ3n) is 2.93. The highest BCUT2D eigenvalue weighted by molar-refractivity contribution is 5.91. The third-order valence-corrected chi connectivity index (χ3v) is 2.93. The second-order valence-corrected chi connectivity index (χ2v) is 4.12. The molecule has 1 N–H and O–H groups in total. The zero-order chi connectivity index (χ0) is 11.4. The van der Waals surface area contributed by atoms with Crippen molar-refractivity contribution in [1.29, 1.82) is 0 Å². The Bertz CT molecular complexity index is 334. The number of carbonyl (C=O) groups excluding carboxylic acids is 1. The van der Waals surface area contributed by atoms with E-state index in [1.807, 2.05) is 4.90 Å². The maximum atomic E-state index is 12.2. The Labute approximate surface area is 108 Å². The topological polar surface area (TPSA) is 45.5 Å². The van der Waals surface area contributed by atoms with Gasteiger partial charge < -0.3 is 14.6 Å². The monoisotopic (exact) mass is 258 g/mol. The van der Waals surface area contributed by atoms with Crippen molar-refractivity contribution in [2.45, 2.75) is 25.8 Å². The lowest BCUT2D eigenvalue weighted by Gasteiger charge is -2.27. The first-order valence-electron chi connectivity index (χ1n) is 5.88. The molecule has 2 heterocycles. The average molecular weight is 259 g/mol. The zero-order valence-electron chi connectivity index (χ0n) is 10.0. The van der Waals surface area contributed by atoms with Gasteiger partial charge in [-0.2, -0.15) is 0 Å². The van der Waals surface area contributed by atoms with E-state index in [1.165, 1.54) is 0 Å². The first-order chi connectivity index (χ1) is 7.83. The van der Waals surface area contributed by atoms with Crippen LogP contribution in [0.3, 0.4) is 0 Å². The number of halogens is 1. The van der Waals surface area contributed by atoms with E-state index in [1.54, 1.807) is 18.4 Å². The number of nitrogens with one attached hydrogen (secondary N) is 1. The SMILES string of the molecule is CCCN(C(=O)c1ccco1)C1CCNC1.Cl. The molecular weight excluding hydrogens is 240 g/mol. The van der Waals surface area contributed by atoms with Crippen molar-refractivity contribution in [3.8, 4) is 0 Å². The molecule has 17 heavy (non-hydrogen) atoms. The van der Waals surface area contributed by atoms with Gasteiger partial charge in [-0.05, 0) is 31.5 Å². The van der Waals surface area contributed by atoms with Crippen LogP contribution in [-0.4, -0.2) is 36.5 Å². The molecule has 1 aromatic heterocycles. The van der Waals surface area contributed by atoms with E-state index >= 15 is 0 Å². The van der Waals surface area contributed by atoms with Gasteiger partial charge in [0, 0.05) is 19.1 Å². The minimum absolute atomic E-state index is 0. The molecular formula is C12H19ClN2O2.